The Labute approximate surface area is 158 Å². The summed E-state index contributed by atoms with van der Waals surface area (Å²) in [6.45, 7) is 4.02. The number of nitrogens with one attached hydrogen (secondary N) is 1. The van der Waals surface area contributed by atoms with E-state index in [0.29, 0.717) is 22.8 Å². The monoisotopic (exact) mass is 379 g/mol. The Morgan fingerprint density at radius 2 is 2.04 bits per heavy atom. The van der Waals surface area contributed by atoms with Crippen molar-refractivity contribution in [3.05, 3.63) is 80.3 Å². The average Bonchev–Trinajstić information content (AvgIpc) is 3.15. The fraction of sp³-hybridized carbons (Fsp3) is 0.158. The Balaban J connectivity index is 1.57. The molecule has 0 fully saturated rings. The number of hydrogen-bond donors (Lipinski definition) is 1. The third kappa shape index (κ3) is 3.39. The van der Waals surface area contributed by atoms with E-state index in [1.165, 1.54) is 20.4 Å². The summed E-state index contributed by atoms with van der Waals surface area (Å²) in [7, 11) is 0. The Morgan fingerprint density at radius 3 is 2.78 bits per heavy atom. The third-order valence-corrected chi connectivity index (χ3v) is 5.19. The Kier molecular flexibility index (Phi) is 4.33. The van der Waals surface area contributed by atoms with Crippen LogP contribution in [0.4, 0.5) is 5.69 Å². The molecule has 0 aliphatic heterocycles. The molecular formula is C19H17N5O2S. The summed E-state index contributed by atoms with van der Waals surface area (Å²) in [4.78, 5) is 29.8. The number of amides is 1. The second kappa shape index (κ2) is 6.81. The molecule has 0 bridgehead atoms. The van der Waals surface area contributed by atoms with E-state index in [9.17, 15) is 9.59 Å². The predicted octanol–water partition coefficient (Wildman–Crippen LogP) is 2.87. The van der Waals surface area contributed by atoms with Gasteiger partial charge in [0.2, 0.25) is 0 Å². The van der Waals surface area contributed by atoms with Gasteiger partial charge in [-0.15, -0.1) is 16.4 Å². The molecule has 4 rings (SSSR count). The fourth-order valence-electron chi connectivity index (χ4n) is 2.92. The zero-order valence-corrected chi connectivity index (χ0v) is 15.7. The van der Waals surface area contributed by atoms with Crippen molar-refractivity contribution in [2.75, 3.05) is 5.32 Å². The Morgan fingerprint density at radius 1 is 1.19 bits per heavy atom. The van der Waals surface area contributed by atoms with E-state index >= 15 is 0 Å². The number of aromatic nitrogens is 4. The molecule has 27 heavy (non-hydrogen) atoms. The molecule has 0 aliphatic rings. The largest absolute Gasteiger partial charge is 0.350 e. The summed E-state index contributed by atoms with van der Waals surface area (Å²) in [6, 6.07) is 12.8. The molecule has 0 radical (unpaired) electrons. The molecule has 3 aromatic heterocycles. The number of thiazole rings is 1. The molecule has 0 atom stereocenters. The Bertz CT molecular complexity index is 1200. The van der Waals surface area contributed by atoms with E-state index in [4.69, 9.17) is 0 Å². The van der Waals surface area contributed by atoms with Gasteiger partial charge in [-0.2, -0.15) is 0 Å². The lowest BCUT2D eigenvalue weighted by Gasteiger charge is -2.07. The van der Waals surface area contributed by atoms with E-state index < -0.39 is 0 Å². The number of fused-ring (bicyclic) bond motifs is 1. The van der Waals surface area contributed by atoms with Crippen LogP contribution < -0.4 is 11.0 Å². The van der Waals surface area contributed by atoms with Crippen LogP contribution in [0.1, 0.15) is 25.9 Å². The third-order valence-electron chi connectivity index (χ3n) is 4.12. The summed E-state index contributed by atoms with van der Waals surface area (Å²) in [5.41, 5.74) is 2.66. The number of rotatable bonds is 4. The van der Waals surface area contributed by atoms with Gasteiger partial charge in [-0.3, -0.25) is 9.20 Å². The molecule has 0 saturated carbocycles. The average molecular weight is 379 g/mol. The molecule has 7 nitrogen and oxygen atoms in total. The van der Waals surface area contributed by atoms with Gasteiger partial charge in [0.1, 0.15) is 4.88 Å². The second-order valence-electron chi connectivity index (χ2n) is 6.17. The van der Waals surface area contributed by atoms with Gasteiger partial charge in [0, 0.05) is 11.9 Å². The van der Waals surface area contributed by atoms with Crippen molar-refractivity contribution in [3.8, 4) is 0 Å². The maximum absolute atomic E-state index is 12.5. The molecule has 136 valence electrons. The van der Waals surface area contributed by atoms with Gasteiger partial charge in [0.25, 0.3) is 5.91 Å². The van der Waals surface area contributed by atoms with Crippen molar-refractivity contribution < 1.29 is 4.79 Å². The number of carbonyl (C=O) groups is 1. The van der Waals surface area contributed by atoms with Crippen LogP contribution in [-0.4, -0.2) is 25.1 Å². The zero-order valence-electron chi connectivity index (χ0n) is 14.8. The number of nitrogens with zero attached hydrogens (tertiary/aromatic N) is 4. The molecule has 1 N–H and O–H groups in total. The number of pyridine rings is 1. The minimum Gasteiger partial charge on any atom is -0.321 e. The van der Waals surface area contributed by atoms with Crippen LogP contribution in [0.3, 0.4) is 0 Å². The first kappa shape index (κ1) is 17.2. The van der Waals surface area contributed by atoms with Crippen molar-refractivity contribution in [2.45, 2.75) is 20.4 Å². The summed E-state index contributed by atoms with van der Waals surface area (Å²) in [5.74, 6) is -0.180. The second-order valence-corrected chi connectivity index (χ2v) is 7.37. The molecule has 0 unspecified atom stereocenters. The SMILES string of the molecule is Cc1nc(C)c(C(=O)Nc2cccc(Cn3nc4ccccn4c3=O)c2)s1. The molecule has 0 saturated heterocycles. The number of hydrogen-bond acceptors (Lipinski definition) is 5. The molecule has 0 aliphatic carbocycles. The topological polar surface area (TPSA) is 81.3 Å². The molecule has 8 heteroatoms. The molecule has 1 aromatic carbocycles. The highest BCUT2D eigenvalue weighted by Gasteiger charge is 2.14. The van der Waals surface area contributed by atoms with Gasteiger partial charge in [-0.1, -0.05) is 18.2 Å². The number of anilines is 1. The highest BCUT2D eigenvalue weighted by Crippen LogP contribution is 2.19. The lowest BCUT2D eigenvalue weighted by molar-refractivity contribution is 0.103. The van der Waals surface area contributed by atoms with Gasteiger partial charge in [-0.05, 0) is 43.7 Å². The van der Waals surface area contributed by atoms with Gasteiger partial charge >= 0.3 is 5.69 Å². The van der Waals surface area contributed by atoms with Crippen LogP contribution in [-0.2, 0) is 6.54 Å². The normalized spacial score (nSPS) is 11.0. The van der Waals surface area contributed by atoms with Crippen LogP contribution >= 0.6 is 11.3 Å². The first-order chi connectivity index (χ1) is 13.0. The highest BCUT2D eigenvalue weighted by molar-refractivity contribution is 7.13. The van der Waals surface area contributed by atoms with Crippen molar-refractivity contribution >= 4 is 28.6 Å². The summed E-state index contributed by atoms with van der Waals surface area (Å²) < 4.78 is 2.91. The van der Waals surface area contributed by atoms with E-state index in [1.807, 2.05) is 44.2 Å². The molecule has 4 aromatic rings. The fourth-order valence-corrected chi connectivity index (χ4v) is 3.74. The van der Waals surface area contributed by atoms with Crippen LogP contribution in [0, 0.1) is 13.8 Å². The van der Waals surface area contributed by atoms with Crippen molar-refractivity contribution in [1.82, 2.24) is 19.2 Å². The molecule has 3 heterocycles. The van der Waals surface area contributed by atoms with Crippen LogP contribution in [0.2, 0.25) is 0 Å². The van der Waals surface area contributed by atoms with Crippen molar-refractivity contribution in [2.24, 2.45) is 0 Å². The Hall–Kier alpha value is -3.26. The summed E-state index contributed by atoms with van der Waals surface area (Å²) in [5, 5.41) is 8.09. The minimum absolute atomic E-state index is 0.180. The lowest BCUT2D eigenvalue weighted by atomic mass is 10.2. The lowest BCUT2D eigenvalue weighted by Crippen LogP contribution is -2.21. The summed E-state index contributed by atoms with van der Waals surface area (Å²) in [6.07, 6.45) is 1.69. The molecule has 0 spiro atoms. The van der Waals surface area contributed by atoms with E-state index in [1.54, 1.807) is 18.3 Å². The number of carbonyl (C=O) groups excluding carboxylic acids is 1. The summed E-state index contributed by atoms with van der Waals surface area (Å²) >= 11 is 1.37. The maximum atomic E-state index is 12.5. The van der Waals surface area contributed by atoms with Gasteiger partial charge < -0.3 is 5.32 Å². The van der Waals surface area contributed by atoms with Gasteiger partial charge in [0.15, 0.2) is 5.65 Å². The molecule has 1 amide bonds. The quantitative estimate of drug-likeness (QED) is 0.591. The first-order valence-corrected chi connectivity index (χ1v) is 9.21. The van der Waals surface area contributed by atoms with E-state index in [2.05, 4.69) is 15.4 Å². The zero-order chi connectivity index (χ0) is 19.0. The van der Waals surface area contributed by atoms with Crippen molar-refractivity contribution in [1.29, 1.82) is 0 Å². The van der Waals surface area contributed by atoms with Crippen molar-refractivity contribution in [3.63, 3.8) is 0 Å². The van der Waals surface area contributed by atoms with E-state index in [0.717, 1.165) is 16.3 Å². The predicted molar refractivity (Wildman–Crippen MR) is 105 cm³/mol. The maximum Gasteiger partial charge on any atom is 0.350 e. The first-order valence-electron chi connectivity index (χ1n) is 8.40. The standard InChI is InChI=1S/C19H17N5O2S/c1-12-17(27-13(2)20-12)18(25)21-15-7-5-6-14(10-15)11-24-19(26)23-9-4-3-8-16(23)22-24/h3-10H,11H2,1-2H3,(H,21,25). The number of benzene rings is 1. The minimum atomic E-state index is -0.198. The van der Waals surface area contributed by atoms with Gasteiger partial charge in [-0.25, -0.2) is 14.5 Å². The van der Waals surface area contributed by atoms with E-state index in [-0.39, 0.29) is 11.6 Å². The van der Waals surface area contributed by atoms with Gasteiger partial charge in [0.05, 0.1) is 17.2 Å². The smallest absolute Gasteiger partial charge is 0.321 e. The number of aryl methyl sites for hydroxylation is 2. The van der Waals surface area contributed by atoms with Crippen LogP contribution in [0.25, 0.3) is 5.65 Å². The highest BCUT2D eigenvalue weighted by atomic mass is 32.1. The van der Waals surface area contributed by atoms with Crippen LogP contribution in [0.5, 0.6) is 0 Å². The molecular weight excluding hydrogens is 362 g/mol. The van der Waals surface area contributed by atoms with Crippen LogP contribution in [0.15, 0.2) is 53.5 Å².